The van der Waals surface area contributed by atoms with Gasteiger partial charge in [0, 0.05) is 14.2 Å². The van der Waals surface area contributed by atoms with E-state index in [1.165, 1.54) is 20.4 Å². The van der Waals surface area contributed by atoms with E-state index in [1.807, 2.05) is 82.3 Å². The van der Waals surface area contributed by atoms with E-state index in [2.05, 4.69) is 21.1 Å². The van der Waals surface area contributed by atoms with Gasteiger partial charge in [-0.25, -0.2) is 10.9 Å². The Hall–Kier alpha value is -6.39. The summed E-state index contributed by atoms with van der Waals surface area (Å²) in [6, 6.07) is 26.2. The zero-order valence-electron chi connectivity index (χ0n) is 38.4. The molecule has 0 fully saturated rings. The Morgan fingerprint density at radius 2 is 1.31 bits per heavy atom. The number of fused-ring (bicyclic) bond motifs is 2. The number of amides is 2. The molecule has 15 nitrogen and oxygen atoms in total. The molecule has 5 aromatic carbocycles. The predicted octanol–water partition coefficient (Wildman–Crippen LogP) is 8.66. The van der Waals surface area contributed by atoms with E-state index >= 15 is 0 Å². The number of halogens is 1. The number of nitrogens with one attached hydrogen (secondary N) is 2. The Bertz CT molecular complexity index is 2350. The minimum atomic E-state index is -0.864. The number of hydrogen-bond donors (Lipinski definition) is 2. The van der Waals surface area contributed by atoms with E-state index < -0.39 is 18.1 Å². The topological polar surface area (TPSA) is 166 Å². The third-order valence-electron chi connectivity index (χ3n) is 9.50. The highest BCUT2D eigenvalue weighted by Crippen LogP contribution is 2.37. The van der Waals surface area contributed by atoms with Crippen molar-refractivity contribution in [1.82, 2.24) is 10.9 Å². The van der Waals surface area contributed by atoms with Gasteiger partial charge in [0.2, 0.25) is 0 Å². The van der Waals surface area contributed by atoms with Gasteiger partial charge in [-0.05, 0) is 94.4 Å². The van der Waals surface area contributed by atoms with Crippen LogP contribution in [0.1, 0.15) is 67.7 Å². The van der Waals surface area contributed by atoms with Crippen LogP contribution < -0.4 is 39.3 Å². The molecule has 2 unspecified atom stereocenters. The summed E-state index contributed by atoms with van der Waals surface area (Å²) < 4.78 is 49.0. The van der Waals surface area contributed by atoms with E-state index in [1.54, 1.807) is 57.9 Å². The number of hydrogen-bond acceptors (Lipinski definition) is 13. The van der Waals surface area contributed by atoms with Crippen molar-refractivity contribution in [2.45, 2.75) is 46.3 Å². The van der Waals surface area contributed by atoms with Crippen molar-refractivity contribution in [3.8, 4) is 34.5 Å². The summed E-state index contributed by atoms with van der Waals surface area (Å²) in [7, 11) is 7.75. The number of nitrogens with zero attached hydrogens (tertiary/aromatic N) is 2. The predicted molar refractivity (Wildman–Crippen MR) is 253 cm³/mol. The number of rotatable bonds is 19. The Balaban J connectivity index is 0.000000275. The van der Waals surface area contributed by atoms with Crippen LogP contribution in [-0.4, -0.2) is 92.8 Å². The number of carbonyl (C=O) groups excluding carboxylic acids is 2. The largest absolute Gasteiger partial charge is 0.493 e. The van der Waals surface area contributed by atoms with Crippen molar-refractivity contribution in [3.63, 3.8) is 0 Å². The van der Waals surface area contributed by atoms with Gasteiger partial charge in [0.15, 0.2) is 46.7 Å². The van der Waals surface area contributed by atoms with Crippen molar-refractivity contribution in [2.75, 3.05) is 68.6 Å². The van der Waals surface area contributed by atoms with E-state index in [-0.39, 0.29) is 12.5 Å². The highest BCUT2D eigenvalue weighted by atomic mass is 35.5. The molecule has 348 valence electrons. The highest BCUT2D eigenvalue weighted by molar-refractivity contribution is 6.32. The maximum Gasteiger partial charge on any atom is 0.273 e. The van der Waals surface area contributed by atoms with Crippen molar-refractivity contribution in [3.05, 3.63) is 118 Å². The Morgan fingerprint density at radius 1 is 0.692 bits per heavy atom. The summed E-state index contributed by atoms with van der Waals surface area (Å²) in [6.07, 6.45) is 2.12. The van der Waals surface area contributed by atoms with Crippen molar-refractivity contribution >= 4 is 46.6 Å². The van der Waals surface area contributed by atoms with Crippen LogP contribution in [0.4, 0.5) is 0 Å². The van der Waals surface area contributed by atoms with Crippen LogP contribution in [0.5, 0.6) is 34.5 Å². The summed E-state index contributed by atoms with van der Waals surface area (Å²) in [6.45, 7) is 9.96. The summed E-state index contributed by atoms with van der Waals surface area (Å²) in [4.78, 5) is 25.6. The molecule has 0 bridgehead atoms. The molecule has 1 heterocycles. The number of hydrazone groups is 2. The Morgan fingerprint density at radius 3 is 1.94 bits per heavy atom. The average Bonchev–Trinajstić information content (AvgIpc) is 3.33. The molecule has 65 heavy (non-hydrogen) atoms. The third-order valence-corrected chi connectivity index (χ3v) is 9.78. The Labute approximate surface area is 385 Å². The molecular weight excluding hydrogens is 856 g/mol. The smallest absolute Gasteiger partial charge is 0.273 e. The first kappa shape index (κ1) is 51.2. The van der Waals surface area contributed by atoms with E-state index in [9.17, 15) is 9.59 Å². The van der Waals surface area contributed by atoms with Crippen LogP contribution >= 0.6 is 11.6 Å². The lowest BCUT2D eigenvalue weighted by molar-refractivity contribution is -0.134. The van der Waals surface area contributed by atoms with Crippen molar-refractivity contribution in [2.24, 2.45) is 10.2 Å². The van der Waals surface area contributed by atoms with Crippen LogP contribution in [0.15, 0.2) is 95.1 Å². The fraction of sp³-hybridized carbons (Fsp3) is 0.347. The van der Waals surface area contributed by atoms with Gasteiger partial charge in [0.1, 0.15) is 13.2 Å². The molecular formula is C49H59ClN4O11. The molecule has 2 atom stereocenters. The summed E-state index contributed by atoms with van der Waals surface area (Å²) in [5, 5.41) is 10.7. The molecule has 16 heteroatoms. The zero-order valence-corrected chi connectivity index (χ0v) is 39.2. The lowest BCUT2D eigenvalue weighted by Crippen LogP contribution is -2.28. The lowest BCUT2D eigenvalue weighted by Gasteiger charge is -2.20. The average molecular weight is 915 g/mol. The molecule has 0 spiro atoms. The molecule has 0 saturated carbocycles. The maximum atomic E-state index is 13.0. The summed E-state index contributed by atoms with van der Waals surface area (Å²) in [5.74, 6) is 2.66. The minimum absolute atomic E-state index is 0.278. The molecule has 0 aromatic heterocycles. The maximum absolute atomic E-state index is 13.0. The molecule has 2 amide bonds. The van der Waals surface area contributed by atoms with Gasteiger partial charge in [-0.2, -0.15) is 10.2 Å². The van der Waals surface area contributed by atoms with Gasteiger partial charge in [0.05, 0.1) is 58.6 Å². The molecule has 1 aliphatic heterocycles. The SMILES string of the molecule is CC.CCOc1cc(/C=N/NC(=O)C(OC)c2ccc3c(c2)OCCO3)cc(Cl)c1OC.CCc1cc(/C=N/NC(=O)C(OCCOC)c2ccc3ccccc3c2)cc(OC)c1OC. The molecule has 0 aliphatic carbocycles. The first-order valence-electron chi connectivity index (χ1n) is 21.1. The van der Waals surface area contributed by atoms with E-state index in [4.69, 9.17) is 54.2 Å². The van der Waals surface area contributed by atoms with Crippen molar-refractivity contribution < 1.29 is 52.2 Å². The van der Waals surface area contributed by atoms with Crippen molar-refractivity contribution in [1.29, 1.82) is 0 Å². The number of carbonyl (C=O) groups is 2. The van der Waals surface area contributed by atoms with E-state index in [0.717, 1.165) is 33.9 Å². The molecule has 6 rings (SSSR count). The highest BCUT2D eigenvalue weighted by Gasteiger charge is 2.24. The first-order chi connectivity index (χ1) is 31.7. The monoisotopic (exact) mass is 914 g/mol. The standard InChI is InChI=1S/C26H30N2O5.C21H23ClN2O6.C2H6/c1-5-19-14-18(15-23(31-3)24(19)32-4)17-27-28-26(29)25(33-13-12-30-2)22-11-10-20-8-6-7-9-21(20)16-22;1-4-28-18-10-13(9-15(22)20(18)27-3)12-23-24-21(25)19(26-2)14-5-6-16-17(11-14)30-8-7-29-16;1-2/h6-11,14-17,25H,5,12-13H2,1-4H3,(H,28,29);5-6,9-12,19H,4,7-8H2,1-3H3,(H,24,25);1-2H3/b27-17+;23-12+;. The van der Waals surface area contributed by atoms with Gasteiger partial charge in [-0.1, -0.05) is 74.8 Å². The van der Waals surface area contributed by atoms with E-state index in [0.29, 0.717) is 77.1 Å². The van der Waals surface area contributed by atoms with Gasteiger partial charge in [0.25, 0.3) is 11.8 Å². The fourth-order valence-corrected chi connectivity index (χ4v) is 6.84. The number of methoxy groups -OCH3 is 5. The normalized spacial score (nSPS) is 12.6. The number of aryl methyl sites for hydroxylation is 1. The molecule has 2 N–H and O–H groups in total. The number of ether oxygens (including phenoxy) is 9. The summed E-state index contributed by atoms with van der Waals surface area (Å²) >= 11 is 6.23. The summed E-state index contributed by atoms with van der Waals surface area (Å²) in [5.41, 5.74) is 8.86. The molecule has 0 radical (unpaired) electrons. The lowest BCUT2D eigenvalue weighted by atomic mass is 10.0. The van der Waals surface area contributed by atoms with Crippen LogP contribution in [0.3, 0.4) is 0 Å². The van der Waals surface area contributed by atoms with Crippen LogP contribution in [-0.2, 0) is 30.2 Å². The van der Waals surface area contributed by atoms with Gasteiger partial charge >= 0.3 is 0 Å². The molecule has 1 aliphatic rings. The third kappa shape index (κ3) is 14.3. The second kappa shape index (κ2) is 27.1. The zero-order chi connectivity index (χ0) is 47.1. The van der Waals surface area contributed by atoms with Gasteiger partial charge in [-0.3, -0.25) is 9.59 Å². The minimum Gasteiger partial charge on any atom is -0.493 e. The van der Waals surface area contributed by atoms with Crippen LogP contribution in [0, 0.1) is 0 Å². The van der Waals surface area contributed by atoms with Crippen LogP contribution in [0.2, 0.25) is 5.02 Å². The number of benzene rings is 5. The first-order valence-corrected chi connectivity index (χ1v) is 21.5. The van der Waals surface area contributed by atoms with Gasteiger partial charge in [-0.15, -0.1) is 0 Å². The molecule has 5 aromatic rings. The fourth-order valence-electron chi connectivity index (χ4n) is 6.55. The van der Waals surface area contributed by atoms with Gasteiger partial charge < -0.3 is 42.6 Å². The quantitative estimate of drug-likeness (QED) is 0.0463. The van der Waals surface area contributed by atoms with Crippen LogP contribution in [0.25, 0.3) is 10.8 Å². The Kier molecular flexibility index (Phi) is 21.3. The molecule has 0 saturated heterocycles. The second-order valence-electron chi connectivity index (χ2n) is 13.6. The second-order valence-corrected chi connectivity index (χ2v) is 14.0.